The third-order valence-corrected chi connectivity index (χ3v) is 3.44. The first-order valence-corrected chi connectivity index (χ1v) is 7.41. The molecule has 0 radical (unpaired) electrons. The monoisotopic (exact) mass is 343 g/mol. The zero-order chi connectivity index (χ0) is 17.8. The minimum Gasteiger partial charge on any atom is -0.484 e. The molecule has 1 aliphatic heterocycles. The van der Waals surface area contributed by atoms with Gasteiger partial charge >= 0.3 is 6.03 Å². The highest BCUT2D eigenvalue weighted by molar-refractivity contribution is 6.04. The van der Waals surface area contributed by atoms with Crippen LogP contribution in [-0.4, -0.2) is 24.5 Å². The standard InChI is InChI=1S/C17H14FN3O4/c18-11-4-2-6-13(8-11)25-9-14(22)19-12-5-1-3-10(7-12)15-16(23)21-17(24)20-15/h1-8,15H,9H2,(H,19,22)(H2,20,21,23,24). The molecule has 0 saturated carbocycles. The average Bonchev–Trinajstić information content (AvgIpc) is 2.92. The van der Waals surface area contributed by atoms with Crippen molar-refractivity contribution in [1.29, 1.82) is 0 Å². The van der Waals surface area contributed by atoms with Crippen LogP contribution in [0.4, 0.5) is 14.9 Å². The van der Waals surface area contributed by atoms with Gasteiger partial charge in [0.15, 0.2) is 6.61 Å². The molecule has 2 aromatic rings. The number of hydrogen-bond donors (Lipinski definition) is 3. The van der Waals surface area contributed by atoms with Crippen molar-refractivity contribution in [1.82, 2.24) is 10.6 Å². The second kappa shape index (κ2) is 7.00. The summed E-state index contributed by atoms with van der Waals surface area (Å²) in [4.78, 5) is 34.8. The van der Waals surface area contributed by atoms with Crippen molar-refractivity contribution in [2.45, 2.75) is 6.04 Å². The van der Waals surface area contributed by atoms with Crippen LogP contribution >= 0.6 is 0 Å². The van der Waals surface area contributed by atoms with E-state index in [1.807, 2.05) is 0 Å². The molecule has 7 nitrogen and oxygen atoms in total. The Morgan fingerprint density at radius 1 is 1.16 bits per heavy atom. The molecule has 0 aromatic heterocycles. The van der Waals surface area contributed by atoms with E-state index in [9.17, 15) is 18.8 Å². The number of hydrogen-bond acceptors (Lipinski definition) is 4. The minimum absolute atomic E-state index is 0.245. The Balaban J connectivity index is 1.61. The highest BCUT2D eigenvalue weighted by atomic mass is 19.1. The molecule has 3 N–H and O–H groups in total. The van der Waals surface area contributed by atoms with E-state index in [0.29, 0.717) is 11.3 Å². The maximum Gasteiger partial charge on any atom is 0.322 e. The third kappa shape index (κ3) is 4.11. The van der Waals surface area contributed by atoms with Crippen LogP contribution in [0, 0.1) is 5.82 Å². The summed E-state index contributed by atoms with van der Waals surface area (Å²) in [5.74, 6) is -1.11. The van der Waals surface area contributed by atoms with Gasteiger partial charge in [-0.2, -0.15) is 0 Å². The second-order valence-electron chi connectivity index (χ2n) is 5.32. The Kier molecular flexibility index (Phi) is 4.60. The molecule has 0 bridgehead atoms. The summed E-state index contributed by atoms with van der Waals surface area (Å²) in [6.07, 6.45) is 0. The predicted molar refractivity (Wildman–Crippen MR) is 86.4 cm³/mol. The third-order valence-electron chi connectivity index (χ3n) is 3.44. The maximum absolute atomic E-state index is 13.0. The number of carbonyl (C=O) groups is 3. The lowest BCUT2D eigenvalue weighted by Gasteiger charge is -2.11. The van der Waals surface area contributed by atoms with Crippen LogP contribution in [0.15, 0.2) is 48.5 Å². The fourth-order valence-corrected chi connectivity index (χ4v) is 2.35. The summed E-state index contributed by atoms with van der Waals surface area (Å²) in [5.41, 5.74) is 0.978. The number of carbonyl (C=O) groups excluding carboxylic acids is 3. The largest absolute Gasteiger partial charge is 0.484 e. The predicted octanol–water partition coefficient (Wildman–Crippen LogP) is 1.72. The Morgan fingerprint density at radius 3 is 2.68 bits per heavy atom. The van der Waals surface area contributed by atoms with E-state index < -0.39 is 29.7 Å². The van der Waals surface area contributed by atoms with Crippen LogP contribution in [0.5, 0.6) is 5.75 Å². The minimum atomic E-state index is -0.798. The van der Waals surface area contributed by atoms with E-state index in [2.05, 4.69) is 16.0 Å². The van der Waals surface area contributed by atoms with Gasteiger partial charge in [0.1, 0.15) is 17.6 Å². The molecule has 2 aromatic carbocycles. The molecule has 128 valence electrons. The topological polar surface area (TPSA) is 96.5 Å². The molecule has 0 aliphatic carbocycles. The maximum atomic E-state index is 13.0. The molecule has 3 rings (SSSR count). The quantitative estimate of drug-likeness (QED) is 0.720. The Morgan fingerprint density at radius 2 is 1.96 bits per heavy atom. The fraction of sp³-hybridized carbons (Fsp3) is 0.118. The molecule has 4 amide bonds. The summed E-state index contributed by atoms with van der Waals surface area (Å²) < 4.78 is 18.3. The van der Waals surface area contributed by atoms with Gasteiger partial charge in [-0.15, -0.1) is 0 Å². The lowest BCUT2D eigenvalue weighted by molar-refractivity contribution is -0.120. The first-order valence-electron chi connectivity index (χ1n) is 7.41. The molecule has 8 heteroatoms. The van der Waals surface area contributed by atoms with E-state index in [1.165, 1.54) is 18.2 Å². The number of halogens is 1. The van der Waals surface area contributed by atoms with Gasteiger partial charge in [0.2, 0.25) is 0 Å². The van der Waals surface area contributed by atoms with E-state index in [4.69, 9.17) is 4.74 Å². The number of imide groups is 1. The highest BCUT2D eigenvalue weighted by Crippen LogP contribution is 2.20. The zero-order valence-corrected chi connectivity index (χ0v) is 12.9. The summed E-state index contributed by atoms with van der Waals surface area (Å²) in [7, 11) is 0. The van der Waals surface area contributed by atoms with E-state index in [-0.39, 0.29) is 12.4 Å². The molecule has 1 heterocycles. The van der Waals surface area contributed by atoms with E-state index in [1.54, 1.807) is 30.3 Å². The number of urea groups is 1. The van der Waals surface area contributed by atoms with Crippen molar-refractivity contribution in [3.05, 3.63) is 59.9 Å². The van der Waals surface area contributed by atoms with Crippen molar-refractivity contribution in [3.63, 3.8) is 0 Å². The van der Waals surface area contributed by atoms with Crippen molar-refractivity contribution in [3.8, 4) is 5.75 Å². The van der Waals surface area contributed by atoms with Crippen LogP contribution in [0.25, 0.3) is 0 Å². The molecule has 0 spiro atoms. The molecule has 1 fully saturated rings. The SMILES string of the molecule is O=C(COc1cccc(F)c1)Nc1cccc(C2NC(=O)NC2=O)c1. The van der Waals surface area contributed by atoms with Crippen molar-refractivity contribution < 1.29 is 23.5 Å². The molecule has 1 saturated heterocycles. The van der Waals surface area contributed by atoms with Gasteiger partial charge in [0.25, 0.3) is 11.8 Å². The van der Waals surface area contributed by atoms with Gasteiger partial charge in [-0.1, -0.05) is 18.2 Å². The summed E-state index contributed by atoms with van der Waals surface area (Å²) in [6.45, 7) is -0.297. The molecule has 1 unspecified atom stereocenters. The van der Waals surface area contributed by atoms with Gasteiger partial charge in [-0.25, -0.2) is 9.18 Å². The lowest BCUT2D eigenvalue weighted by Crippen LogP contribution is -2.22. The van der Waals surface area contributed by atoms with Gasteiger partial charge in [0, 0.05) is 11.8 Å². The van der Waals surface area contributed by atoms with Crippen LogP contribution < -0.4 is 20.7 Å². The number of anilines is 1. The number of amides is 4. The lowest BCUT2D eigenvalue weighted by atomic mass is 10.1. The number of benzene rings is 2. The molecule has 1 aliphatic rings. The first-order chi connectivity index (χ1) is 12.0. The Hall–Kier alpha value is -3.42. The summed E-state index contributed by atoms with van der Waals surface area (Å²) in [5, 5.41) is 7.24. The molecular formula is C17H14FN3O4. The second-order valence-corrected chi connectivity index (χ2v) is 5.32. The van der Waals surface area contributed by atoms with Crippen LogP contribution in [0.3, 0.4) is 0 Å². The molecule has 1 atom stereocenters. The summed E-state index contributed by atoms with van der Waals surface area (Å²) in [6, 6.07) is 10.6. The normalized spacial score (nSPS) is 16.1. The van der Waals surface area contributed by atoms with Gasteiger partial charge in [-0.05, 0) is 29.8 Å². The van der Waals surface area contributed by atoms with E-state index in [0.717, 1.165) is 0 Å². The smallest absolute Gasteiger partial charge is 0.322 e. The number of rotatable bonds is 5. The first kappa shape index (κ1) is 16.4. The zero-order valence-electron chi connectivity index (χ0n) is 12.9. The van der Waals surface area contributed by atoms with Crippen LogP contribution in [0.2, 0.25) is 0 Å². The number of nitrogens with one attached hydrogen (secondary N) is 3. The van der Waals surface area contributed by atoms with E-state index >= 15 is 0 Å². The highest BCUT2D eigenvalue weighted by Gasteiger charge is 2.30. The number of ether oxygens (including phenoxy) is 1. The summed E-state index contributed by atoms with van der Waals surface area (Å²) >= 11 is 0. The van der Waals surface area contributed by atoms with Gasteiger partial charge < -0.3 is 15.4 Å². The van der Waals surface area contributed by atoms with Crippen LogP contribution in [-0.2, 0) is 9.59 Å². The van der Waals surface area contributed by atoms with Crippen molar-refractivity contribution in [2.75, 3.05) is 11.9 Å². The van der Waals surface area contributed by atoms with Gasteiger partial charge in [0.05, 0.1) is 0 Å². The molecular weight excluding hydrogens is 329 g/mol. The Bertz CT molecular complexity index is 840. The average molecular weight is 343 g/mol. The Labute approximate surface area is 142 Å². The van der Waals surface area contributed by atoms with Crippen molar-refractivity contribution in [2.24, 2.45) is 0 Å². The fourth-order valence-electron chi connectivity index (χ4n) is 2.35. The van der Waals surface area contributed by atoms with Gasteiger partial charge in [-0.3, -0.25) is 14.9 Å². The van der Waals surface area contributed by atoms with Crippen molar-refractivity contribution >= 4 is 23.5 Å². The van der Waals surface area contributed by atoms with Crippen LogP contribution in [0.1, 0.15) is 11.6 Å². The molecule has 25 heavy (non-hydrogen) atoms.